The van der Waals surface area contributed by atoms with Gasteiger partial charge in [-0.1, -0.05) is 0 Å². The van der Waals surface area contributed by atoms with Crippen molar-refractivity contribution in [3.8, 4) is 0 Å². The predicted molar refractivity (Wildman–Crippen MR) is 87.3 cm³/mol. The molecule has 0 unspecified atom stereocenters. The third-order valence-electron chi connectivity index (χ3n) is 3.58. The molecule has 2 aromatic rings. The van der Waals surface area contributed by atoms with E-state index in [1.165, 1.54) is 10.9 Å². The Balaban J connectivity index is 2.14. The number of pyridine rings is 1. The molecule has 2 rings (SSSR count). The van der Waals surface area contributed by atoms with Crippen molar-refractivity contribution in [2.75, 3.05) is 6.61 Å². The van der Waals surface area contributed by atoms with Crippen LogP contribution in [0.15, 0.2) is 24.5 Å². The third-order valence-corrected chi connectivity index (χ3v) is 3.58. The summed E-state index contributed by atoms with van der Waals surface area (Å²) in [5, 5.41) is 13.6. The highest BCUT2D eigenvalue weighted by Gasteiger charge is 2.13. The first-order valence-electron chi connectivity index (χ1n) is 7.80. The fraction of sp³-hybridized carbons (Fsp3) is 0.588. The number of aromatic nitrogens is 2. The van der Waals surface area contributed by atoms with Crippen molar-refractivity contribution in [3.63, 3.8) is 0 Å². The quantitative estimate of drug-likeness (QED) is 0.770. The monoisotopic (exact) mass is 289 g/mol. The number of hydrogen-bond donors (Lipinski definition) is 2. The van der Waals surface area contributed by atoms with Crippen LogP contribution in [-0.2, 0) is 13.1 Å². The van der Waals surface area contributed by atoms with Crippen molar-refractivity contribution in [2.45, 2.75) is 58.7 Å². The van der Waals surface area contributed by atoms with E-state index in [1.807, 2.05) is 12.3 Å². The van der Waals surface area contributed by atoms with Crippen molar-refractivity contribution in [2.24, 2.45) is 0 Å². The molecule has 0 fully saturated rings. The number of aliphatic hydroxyl groups is 1. The number of nitrogens with one attached hydrogen (secondary N) is 1. The van der Waals surface area contributed by atoms with Crippen molar-refractivity contribution in [3.05, 3.63) is 30.1 Å². The van der Waals surface area contributed by atoms with Crippen LogP contribution in [0.5, 0.6) is 0 Å². The van der Waals surface area contributed by atoms with E-state index in [2.05, 4.69) is 47.9 Å². The zero-order valence-corrected chi connectivity index (χ0v) is 13.4. The topological polar surface area (TPSA) is 50.1 Å². The summed E-state index contributed by atoms with van der Waals surface area (Å²) in [5.41, 5.74) is 2.47. The van der Waals surface area contributed by atoms with Crippen LogP contribution in [0.3, 0.4) is 0 Å². The number of aryl methyl sites for hydroxylation is 1. The van der Waals surface area contributed by atoms with Gasteiger partial charge in [-0.15, -0.1) is 0 Å². The van der Waals surface area contributed by atoms with Gasteiger partial charge in [0.05, 0.1) is 0 Å². The van der Waals surface area contributed by atoms with Gasteiger partial charge < -0.3 is 15.0 Å². The molecule has 0 amide bonds. The second kappa shape index (κ2) is 7.05. The van der Waals surface area contributed by atoms with E-state index in [0.29, 0.717) is 0 Å². The van der Waals surface area contributed by atoms with Crippen LogP contribution in [0.1, 0.15) is 45.6 Å². The van der Waals surface area contributed by atoms with Gasteiger partial charge >= 0.3 is 0 Å². The number of unbranched alkanes of at least 4 members (excludes halogenated alkanes) is 2. The summed E-state index contributed by atoms with van der Waals surface area (Å²) >= 11 is 0. The maximum absolute atomic E-state index is 8.86. The van der Waals surface area contributed by atoms with E-state index in [0.717, 1.165) is 38.0 Å². The Morgan fingerprint density at radius 1 is 1.24 bits per heavy atom. The van der Waals surface area contributed by atoms with Gasteiger partial charge in [0.25, 0.3) is 0 Å². The molecule has 0 saturated heterocycles. The smallest absolute Gasteiger partial charge is 0.140 e. The minimum absolute atomic E-state index is 0.109. The maximum atomic E-state index is 8.86. The number of nitrogens with zero attached hydrogens (tertiary/aromatic N) is 2. The Bertz CT molecular complexity index is 569. The molecule has 0 aromatic carbocycles. The molecule has 0 radical (unpaired) electrons. The fourth-order valence-corrected chi connectivity index (χ4v) is 2.44. The normalized spacial score (nSPS) is 12.2. The largest absolute Gasteiger partial charge is 0.396 e. The number of rotatable bonds is 7. The van der Waals surface area contributed by atoms with Crippen molar-refractivity contribution >= 4 is 11.0 Å². The number of fused-ring (bicyclic) bond motifs is 1. The highest BCUT2D eigenvalue weighted by atomic mass is 16.2. The zero-order chi connectivity index (χ0) is 15.3. The molecule has 0 spiro atoms. The molecule has 0 bridgehead atoms. The lowest BCUT2D eigenvalue weighted by Crippen LogP contribution is -2.34. The SMILES string of the molecule is CC(C)(C)NCc1cn(CCCCCO)c2ncccc12. The average molecular weight is 289 g/mol. The van der Waals surface area contributed by atoms with Crippen LogP contribution in [-0.4, -0.2) is 26.8 Å². The second-order valence-electron chi connectivity index (χ2n) is 6.61. The van der Waals surface area contributed by atoms with E-state index in [9.17, 15) is 0 Å². The number of aliphatic hydroxyl groups excluding tert-OH is 1. The van der Waals surface area contributed by atoms with Crippen LogP contribution < -0.4 is 5.32 Å². The molecular weight excluding hydrogens is 262 g/mol. The lowest BCUT2D eigenvalue weighted by atomic mass is 10.1. The molecule has 116 valence electrons. The van der Waals surface area contributed by atoms with E-state index in [-0.39, 0.29) is 12.1 Å². The van der Waals surface area contributed by atoms with E-state index in [1.54, 1.807) is 0 Å². The Kier molecular flexibility index (Phi) is 5.37. The Morgan fingerprint density at radius 2 is 2.05 bits per heavy atom. The zero-order valence-electron chi connectivity index (χ0n) is 13.4. The van der Waals surface area contributed by atoms with Crippen molar-refractivity contribution < 1.29 is 5.11 Å². The van der Waals surface area contributed by atoms with Crippen LogP contribution in [0.4, 0.5) is 0 Å². The average Bonchev–Trinajstić information content (AvgIpc) is 2.79. The molecule has 4 nitrogen and oxygen atoms in total. The van der Waals surface area contributed by atoms with Gasteiger partial charge in [0.1, 0.15) is 5.65 Å². The predicted octanol–water partition coefficient (Wildman–Crippen LogP) is 3.09. The first kappa shape index (κ1) is 16.0. The molecule has 0 saturated carbocycles. The van der Waals surface area contributed by atoms with Gasteiger partial charge in [-0.3, -0.25) is 0 Å². The summed E-state index contributed by atoms with van der Waals surface area (Å²) in [6.45, 7) is 8.64. The minimum atomic E-state index is 0.109. The Hall–Kier alpha value is -1.39. The summed E-state index contributed by atoms with van der Waals surface area (Å²) in [6, 6.07) is 4.14. The molecule has 2 aromatic heterocycles. The number of hydrogen-bond acceptors (Lipinski definition) is 3. The highest BCUT2D eigenvalue weighted by Crippen LogP contribution is 2.20. The first-order valence-corrected chi connectivity index (χ1v) is 7.80. The molecule has 0 atom stereocenters. The highest BCUT2D eigenvalue weighted by molar-refractivity contribution is 5.80. The van der Waals surface area contributed by atoms with Crippen LogP contribution in [0.25, 0.3) is 11.0 Å². The van der Waals surface area contributed by atoms with Crippen LogP contribution in [0, 0.1) is 0 Å². The second-order valence-corrected chi connectivity index (χ2v) is 6.61. The van der Waals surface area contributed by atoms with Gasteiger partial charge in [0, 0.05) is 43.0 Å². The van der Waals surface area contributed by atoms with E-state index < -0.39 is 0 Å². The maximum Gasteiger partial charge on any atom is 0.140 e. The van der Waals surface area contributed by atoms with Gasteiger partial charge in [0.2, 0.25) is 0 Å². The molecule has 0 aliphatic heterocycles. The molecule has 4 heteroatoms. The lowest BCUT2D eigenvalue weighted by Gasteiger charge is -2.20. The summed E-state index contributed by atoms with van der Waals surface area (Å²) < 4.78 is 2.24. The van der Waals surface area contributed by atoms with Crippen LogP contribution >= 0.6 is 0 Å². The van der Waals surface area contributed by atoms with Gasteiger partial charge in [-0.25, -0.2) is 4.98 Å². The van der Waals surface area contributed by atoms with Crippen molar-refractivity contribution in [1.82, 2.24) is 14.9 Å². The molecule has 0 aliphatic carbocycles. The Labute approximate surface area is 127 Å². The molecule has 2 heterocycles. The summed E-state index contributed by atoms with van der Waals surface area (Å²) in [5.74, 6) is 0. The fourth-order valence-electron chi connectivity index (χ4n) is 2.44. The summed E-state index contributed by atoms with van der Waals surface area (Å²) in [4.78, 5) is 4.53. The van der Waals surface area contributed by atoms with Crippen LogP contribution in [0.2, 0.25) is 0 Å². The minimum Gasteiger partial charge on any atom is -0.396 e. The van der Waals surface area contributed by atoms with Crippen molar-refractivity contribution in [1.29, 1.82) is 0 Å². The van der Waals surface area contributed by atoms with Gasteiger partial charge in [0.15, 0.2) is 0 Å². The Morgan fingerprint density at radius 3 is 2.76 bits per heavy atom. The van der Waals surface area contributed by atoms with E-state index >= 15 is 0 Å². The van der Waals surface area contributed by atoms with Gasteiger partial charge in [-0.05, 0) is 57.7 Å². The van der Waals surface area contributed by atoms with Gasteiger partial charge in [-0.2, -0.15) is 0 Å². The standard InChI is InChI=1S/C17H27N3O/c1-17(2,3)19-12-14-13-20(10-5-4-6-11-21)16-15(14)8-7-9-18-16/h7-9,13,19,21H,4-6,10-12H2,1-3H3. The molecule has 21 heavy (non-hydrogen) atoms. The summed E-state index contributed by atoms with van der Waals surface area (Å²) in [6.07, 6.45) is 7.08. The lowest BCUT2D eigenvalue weighted by molar-refractivity contribution is 0.282. The molecule has 2 N–H and O–H groups in total. The molecule has 0 aliphatic rings. The molecular formula is C17H27N3O. The third kappa shape index (κ3) is 4.55. The van der Waals surface area contributed by atoms with E-state index in [4.69, 9.17) is 5.11 Å². The first-order chi connectivity index (χ1) is 10.0. The summed E-state index contributed by atoms with van der Waals surface area (Å²) in [7, 11) is 0.